The fourth-order valence-corrected chi connectivity index (χ4v) is 4.58. The number of imidazole rings is 1. The van der Waals surface area contributed by atoms with E-state index in [-0.39, 0.29) is 0 Å². The molecule has 148 valence electrons. The normalized spacial score (nSPS) is 16.7. The van der Waals surface area contributed by atoms with Crippen molar-refractivity contribution in [2.24, 2.45) is 0 Å². The van der Waals surface area contributed by atoms with Crippen LogP contribution in [-0.2, 0) is 0 Å². The molecule has 0 spiro atoms. The first-order chi connectivity index (χ1) is 13.4. The van der Waals surface area contributed by atoms with Gasteiger partial charge in [-0.15, -0.1) is 10.2 Å². The van der Waals surface area contributed by atoms with Crippen LogP contribution in [0.1, 0.15) is 48.8 Å². The zero-order valence-electron chi connectivity index (χ0n) is 15.6. The minimum atomic E-state index is -1.19. The summed E-state index contributed by atoms with van der Waals surface area (Å²) in [6.45, 7) is 7.08. The molecule has 0 aliphatic heterocycles. The number of nitriles is 1. The molecule has 10 heteroatoms. The van der Waals surface area contributed by atoms with Gasteiger partial charge in [-0.2, -0.15) is 5.26 Å². The fraction of sp³-hybridized carbons (Fsp3) is 0.444. The van der Waals surface area contributed by atoms with Crippen LogP contribution in [0.3, 0.4) is 0 Å². The van der Waals surface area contributed by atoms with Gasteiger partial charge in [0.2, 0.25) is 0 Å². The van der Waals surface area contributed by atoms with E-state index < -0.39 is 11.7 Å². The van der Waals surface area contributed by atoms with Crippen molar-refractivity contribution >= 4 is 46.1 Å². The molecule has 3 rings (SSSR count). The van der Waals surface area contributed by atoms with Crippen molar-refractivity contribution in [2.75, 3.05) is 5.75 Å². The number of nitrogens with zero attached hydrogens (tertiary/aromatic N) is 5. The number of alkyl halides is 1. The molecule has 1 N–H and O–H groups in total. The van der Waals surface area contributed by atoms with Gasteiger partial charge in [0.05, 0.1) is 22.5 Å². The predicted molar refractivity (Wildman–Crippen MR) is 113 cm³/mol. The Labute approximate surface area is 176 Å². The van der Waals surface area contributed by atoms with Crippen LogP contribution in [-0.4, -0.2) is 31.0 Å². The second-order valence-corrected chi connectivity index (χ2v) is 8.84. The predicted octanol–water partition coefficient (Wildman–Crippen LogP) is 5.10. The van der Waals surface area contributed by atoms with Crippen molar-refractivity contribution < 1.29 is 4.39 Å². The Bertz CT molecular complexity index is 939. The van der Waals surface area contributed by atoms with Gasteiger partial charge in [-0.25, -0.2) is 14.1 Å². The molecule has 1 fully saturated rings. The largest absolute Gasteiger partial charge is 0.296 e. The van der Waals surface area contributed by atoms with Crippen LogP contribution in [0, 0.1) is 18.3 Å². The number of aromatic nitrogens is 4. The molecule has 2 heterocycles. The monoisotopic (exact) mass is 438 g/mol. The maximum Gasteiger partial charge on any atom is 0.184 e. The van der Waals surface area contributed by atoms with Crippen LogP contribution >= 0.6 is 34.9 Å². The second-order valence-electron chi connectivity index (χ2n) is 6.55. The van der Waals surface area contributed by atoms with Crippen LogP contribution in [0.15, 0.2) is 12.7 Å². The van der Waals surface area contributed by atoms with Gasteiger partial charge in [-0.1, -0.05) is 47.5 Å². The first-order valence-electron chi connectivity index (χ1n) is 8.75. The molecule has 0 saturated heterocycles. The molecule has 28 heavy (non-hydrogen) atoms. The number of aryl methyl sites for hydroxylation is 1. The van der Waals surface area contributed by atoms with Crippen molar-refractivity contribution in [2.45, 2.75) is 44.8 Å². The quantitative estimate of drug-likeness (QED) is 0.456. The highest BCUT2D eigenvalue weighted by Crippen LogP contribution is 2.33. The summed E-state index contributed by atoms with van der Waals surface area (Å²) in [5, 5.41) is 18.4. The molecular weight excluding hydrogens is 419 g/mol. The van der Waals surface area contributed by atoms with Crippen molar-refractivity contribution in [1.29, 1.82) is 5.26 Å². The van der Waals surface area contributed by atoms with Crippen molar-refractivity contribution in [3.63, 3.8) is 0 Å². The van der Waals surface area contributed by atoms with E-state index in [9.17, 15) is 9.65 Å². The summed E-state index contributed by atoms with van der Waals surface area (Å²) in [6, 6.07) is 2.35. The third kappa shape index (κ3) is 4.30. The molecule has 1 aliphatic carbocycles. The molecule has 1 saturated carbocycles. The lowest BCUT2D eigenvalue weighted by molar-refractivity contribution is 0.304. The van der Waals surface area contributed by atoms with Crippen molar-refractivity contribution in [3.05, 3.63) is 29.1 Å². The molecule has 0 aromatic carbocycles. The fourth-order valence-electron chi connectivity index (χ4n) is 2.80. The van der Waals surface area contributed by atoms with Gasteiger partial charge in [-0.05, 0) is 33.1 Å². The first kappa shape index (κ1) is 21.0. The van der Waals surface area contributed by atoms with Gasteiger partial charge in [0.25, 0.3) is 0 Å². The summed E-state index contributed by atoms with van der Waals surface area (Å²) in [6.07, 6.45) is 5.44. The van der Waals surface area contributed by atoms with Crippen molar-refractivity contribution in [1.82, 2.24) is 24.5 Å². The van der Waals surface area contributed by atoms with E-state index in [1.165, 1.54) is 18.9 Å². The maximum absolute atomic E-state index is 13.5. The Balaban J connectivity index is 1.80. The second kappa shape index (κ2) is 8.74. The molecule has 2 aromatic rings. The highest BCUT2D eigenvalue weighted by atomic mass is 35.5. The summed E-state index contributed by atoms with van der Waals surface area (Å²) < 4.78 is 18.6. The minimum Gasteiger partial charge on any atom is -0.296 e. The number of halogens is 2. The van der Waals surface area contributed by atoms with E-state index >= 15 is 0 Å². The van der Waals surface area contributed by atoms with Gasteiger partial charge >= 0.3 is 0 Å². The zero-order valence-corrected chi connectivity index (χ0v) is 18.0. The van der Waals surface area contributed by atoms with E-state index in [0.717, 1.165) is 30.6 Å². The topological polar surface area (TPSA) is 79.4 Å². The smallest absolute Gasteiger partial charge is 0.184 e. The van der Waals surface area contributed by atoms with Crippen LogP contribution in [0.5, 0.6) is 0 Å². The first-order valence-corrected chi connectivity index (χ1v) is 10.9. The van der Waals surface area contributed by atoms with Gasteiger partial charge in [0, 0.05) is 12.0 Å². The van der Waals surface area contributed by atoms with E-state index in [2.05, 4.69) is 32.6 Å². The Morgan fingerprint density at radius 3 is 2.86 bits per heavy atom. The Kier molecular flexibility index (Phi) is 6.55. The SMILES string of the molecule is C=C(Cl)c1c(C)nc(-c2nnc(C(C)F)s2)n1C=CCSNC1(C#N)CCC1. The highest BCUT2D eigenvalue weighted by molar-refractivity contribution is 7.97. The molecule has 0 amide bonds. The van der Waals surface area contributed by atoms with E-state index in [0.29, 0.717) is 38.0 Å². The van der Waals surface area contributed by atoms with E-state index in [4.69, 9.17) is 11.6 Å². The molecule has 1 atom stereocenters. The lowest BCUT2D eigenvalue weighted by Gasteiger charge is -2.35. The molecule has 1 aliphatic rings. The summed E-state index contributed by atoms with van der Waals surface area (Å²) in [5.74, 6) is 1.19. The maximum atomic E-state index is 13.5. The summed E-state index contributed by atoms with van der Waals surface area (Å²) >= 11 is 8.83. The lowest BCUT2D eigenvalue weighted by Crippen LogP contribution is -2.46. The molecule has 6 nitrogen and oxygen atoms in total. The Hall–Kier alpha value is -1.73. The minimum absolute atomic E-state index is 0.305. The average Bonchev–Trinajstić information content (AvgIpc) is 3.21. The zero-order chi connectivity index (χ0) is 20.3. The lowest BCUT2D eigenvalue weighted by atomic mass is 9.79. The Morgan fingerprint density at radius 1 is 1.57 bits per heavy atom. The third-order valence-corrected chi connectivity index (χ3v) is 6.58. The van der Waals surface area contributed by atoms with Gasteiger partial charge in [0.15, 0.2) is 22.0 Å². The summed E-state index contributed by atoms with van der Waals surface area (Å²) in [7, 11) is 0. The summed E-state index contributed by atoms with van der Waals surface area (Å²) in [4.78, 5) is 4.53. The van der Waals surface area contributed by atoms with Gasteiger partial charge in [-0.3, -0.25) is 4.57 Å². The number of rotatable bonds is 8. The standard InChI is InChI=1S/C18H20ClFN6S2/c1-11(19)14-13(3)22-15(17-24-23-16(28-17)12(2)20)26(14)8-5-9-27-25-18(10-21)6-4-7-18/h5,8,12,25H,1,4,6-7,9H2,2-3H3. The molecule has 1 unspecified atom stereocenters. The molecule has 0 bridgehead atoms. The van der Waals surface area contributed by atoms with Gasteiger partial charge < -0.3 is 0 Å². The van der Waals surface area contributed by atoms with Gasteiger partial charge in [0.1, 0.15) is 5.54 Å². The number of hydrogen-bond acceptors (Lipinski definition) is 7. The van der Waals surface area contributed by atoms with E-state index in [1.807, 2.05) is 19.2 Å². The number of hydrogen-bond donors (Lipinski definition) is 1. The summed E-state index contributed by atoms with van der Waals surface area (Å²) in [5.41, 5.74) is 0.980. The highest BCUT2D eigenvalue weighted by Gasteiger charge is 2.36. The van der Waals surface area contributed by atoms with E-state index in [1.54, 1.807) is 4.57 Å². The number of nitrogens with one attached hydrogen (secondary N) is 1. The van der Waals surface area contributed by atoms with Crippen LogP contribution < -0.4 is 4.72 Å². The molecule has 2 aromatic heterocycles. The molecular formula is C18H20ClFN6S2. The Morgan fingerprint density at radius 2 is 2.32 bits per heavy atom. The van der Waals surface area contributed by atoms with Crippen LogP contribution in [0.4, 0.5) is 4.39 Å². The van der Waals surface area contributed by atoms with Crippen LogP contribution in [0.2, 0.25) is 0 Å². The average molecular weight is 439 g/mol. The third-order valence-electron chi connectivity index (χ3n) is 4.44. The van der Waals surface area contributed by atoms with Crippen LogP contribution in [0.25, 0.3) is 22.1 Å². The van der Waals surface area contributed by atoms with Crippen molar-refractivity contribution in [3.8, 4) is 16.9 Å². The molecule has 0 radical (unpaired) electrons.